The highest BCUT2D eigenvalue weighted by Gasteiger charge is 2.35. The number of hydrogen-bond donors (Lipinski definition) is 2. The maximum absolute atomic E-state index is 10.5. The molecule has 92 valence electrons. The zero-order chi connectivity index (χ0) is 12.3. The second-order valence-corrected chi connectivity index (χ2v) is 3.79. The maximum atomic E-state index is 10.5. The van der Waals surface area contributed by atoms with Crippen LogP contribution in [0.15, 0.2) is 18.3 Å². The number of fused-ring (bicyclic) bond motifs is 1. The molecular weight excluding hydrogens is 224 g/mol. The van der Waals surface area contributed by atoms with Gasteiger partial charge in [0.05, 0.1) is 18.2 Å². The monoisotopic (exact) mass is 238 g/mol. The molecule has 0 aromatic carbocycles. The molecule has 1 aliphatic heterocycles. The summed E-state index contributed by atoms with van der Waals surface area (Å²) in [5.41, 5.74) is 0.781. The lowest BCUT2D eigenvalue weighted by molar-refractivity contribution is 0.0802. The Morgan fingerprint density at radius 1 is 1.71 bits per heavy atom. The van der Waals surface area contributed by atoms with Crippen molar-refractivity contribution in [2.75, 3.05) is 20.3 Å². The van der Waals surface area contributed by atoms with Gasteiger partial charge in [0, 0.05) is 19.9 Å². The predicted octanol–water partition coefficient (Wildman–Crippen LogP) is 0.840. The van der Waals surface area contributed by atoms with Gasteiger partial charge in [-0.2, -0.15) is 0 Å². The molecule has 6 nitrogen and oxygen atoms in total. The molecule has 2 rings (SSSR count). The van der Waals surface area contributed by atoms with Crippen LogP contribution in [0, 0.1) is 0 Å². The minimum absolute atomic E-state index is 0.109. The van der Waals surface area contributed by atoms with E-state index in [1.807, 2.05) is 6.07 Å². The summed E-state index contributed by atoms with van der Waals surface area (Å²) in [6.07, 6.45) is 0.424. The lowest BCUT2D eigenvalue weighted by Gasteiger charge is -2.17. The van der Waals surface area contributed by atoms with Gasteiger partial charge in [-0.25, -0.2) is 4.79 Å². The van der Waals surface area contributed by atoms with Gasteiger partial charge in [0.2, 0.25) is 0 Å². The summed E-state index contributed by atoms with van der Waals surface area (Å²) < 4.78 is 10.7. The Bertz CT molecular complexity index is 410. The predicted molar refractivity (Wildman–Crippen MR) is 59.3 cm³/mol. The molecule has 0 aliphatic carbocycles. The second kappa shape index (κ2) is 5.01. The van der Waals surface area contributed by atoms with Crippen LogP contribution in [0.2, 0.25) is 0 Å². The molecule has 0 spiro atoms. The molecule has 0 radical (unpaired) electrons. The number of ether oxygens (including phenoxy) is 2. The minimum atomic E-state index is -1.05. The van der Waals surface area contributed by atoms with E-state index in [9.17, 15) is 4.79 Å². The number of rotatable bonds is 4. The Morgan fingerprint density at radius 2 is 2.53 bits per heavy atom. The van der Waals surface area contributed by atoms with Gasteiger partial charge < -0.3 is 19.9 Å². The summed E-state index contributed by atoms with van der Waals surface area (Å²) >= 11 is 0. The van der Waals surface area contributed by atoms with Crippen molar-refractivity contribution in [1.82, 2.24) is 10.3 Å². The van der Waals surface area contributed by atoms with Crippen molar-refractivity contribution < 1.29 is 19.4 Å². The minimum Gasteiger partial charge on any atom is -0.485 e. The number of nitrogens with zero attached hydrogens (tertiary/aromatic N) is 1. The first-order valence-corrected chi connectivity index (χ1v) is 5.29. The molecule has 6 heteroatoms. The lowest BCUT2D eigenvalue weighted by Crippen LogP contribution is -2.34. The molecule has 1 amide bonds. The first-order chi connectivity index (χ1) is 8.22. The smallest absolute Gasteiger partial charge is 0.404 e. The summed E-state index contributed by atoms with van der Waals surface area (Å²) in [6, 6.07) is 3.61. The van der Waals surface area contributed by atoms with Crippen LogP contribution < -0.4 is 10.1 Å². The Kier molecular flexibility index (Phi) is 3.43. The number of carbonyl (C=O) groups is 1. The molecule has 0 unspecified atom stereocenters. The van der Waals surface area contributed by atoms with Crippen molar-refractivity contribution in [2.45, 2.75) is 12.0 Å². The summed E-state index contributed by atoms with van der Waals surface area (Å²) in [4.78, 5) is 14.8. The average Bonchev–Trinajstić information content (AvgIpc) is 2.64. The van der Waals surface area contributed by atoms with Crippen LogP contribution in [0.4, 0.5) is 4.79 Å². The highest BCUT2D eigenvalue weighted by molar-refractivity contribution is 5.64. The number of methoxy groups -OCH3 is 1. The number of amides is 1. The van der Waals surface area contributed by atoms with Gasteiger partial charge in [-0.15, -0.1) is 0 Å². The van der Waals surface area contributed by atoms with E-state index in [4.69, 9.17) is 14.6 Å². The van der Waals surface area contributed by atoms with Gasteiger partial charge in [-0.05, 0) is 12.1 Å². The zero-order valence-corrected chi connectivity index (χ0v) is 9.42. The van der Waals surface area contributed by atoms with Gasteiger partial charge >= 0.3 is 6.09 Å². The summed E-state index contributed by atoms with van der Waals surface area (Å²) in [6.45, 7) is 0.676. The Hall–Kier alpha value is -1.82. The number of pyridine rings is 1. The highest BCUT2D eigenvalue weighted by atomic mass is 16.5. The largest absolute Gasteiger partial charge is 0.485 e. The molecule has 1 aromatic heterocycles. The normalized spacial score (nSPS) is 21.7. The molecule has 0 saturated heterocycles. The lowest BCUT2D eigenvalue weighted by atomic mass is 10.0. The number of hydrogen-bond acceptors (Lipinski definition) is 4. The standard InChI is InChI=1S/C11H14N2O4/c1-16-6-9-7(5-13-11(14)15)10-8(17-9)3-2-4-12-10/h2-4,7,9,13H,5-6H2,1H3,(H,14,15)/t7-,9-/m1/s1. The van der Waals surface area contributed by atoms with Crippen LogP contribution in [0.5, 0.6) is 5.75 Å². The van der Waals surface area contributed by atoms with Gasteiger partial charge in [0.1, 0.15) is 11.9 Å². The first-order valence-electron chi connectivity index (χ1n) is 5.29. The van der Waals surface area contributed by atoms with Crippen molar-refractivity contribution in [1.29, 1.82) is 0 Å². The topological polar surface area (TPSA) is 80.7 Å². The van der Waals surface area contributed by atoms with Crippen molar-refractivity contribution in [3.05, 3.63) is 24.0 Å². The third-order valence-corrected chi connectivity index (χ3v) is 2.68. The van der Waals surface area contributed by atoms with Gasteiger partial charge in [0.25, 0.3) is 0 Å². The van der Waals surface area contributed by atoms with E-state index in [-0.39, 0.29) is 18.6 Å². The first kappa shape index (κ1) is 11.7. The summed E-state index contributed by atoms with van der Waals surface area (Å²) in [5.74, 6) is 0.592. The summed E-state index contributed by atoms with van der Waals surface area (Å²) in [5, 5.41) is 11.0. The van der Waals surface area contributed by atoms with Crippen LogP contribution in [0.1, 0.15) is 11.6 Å². The van der Waals surface area contributed by atoms with Crippen LogP contribution in [-0.4, -0.2) is 42.5 Å². The van der Waals surface area contributed by atoms with Gasteiger partial charge in [-0.3, -0.25) is 4.98 Å². The quantitative estimate of drug-likeness (QED) is 0.812. The van der Waals surface area contributed by atoms with E-state index in [1.54, 1.807) is 19.4 Å². The summed E-state index contributed by atoms with van der Waals surface area (Å²) in [7, 11) is 1.58. The molecule has 0 fully saturated rings. The van der Waals surface area contributed by atoms with E-state index in [0.29, 0.717) is 12.4 Å². The SMILES string of the molecule is COC[C@H]1Oc2cccnc2[C@@H]1CNC(=O)O. The van der Waals surface area contributed by atoms with Crippen molar-refractivity contribution in [2.24, 2.45) is 0 Å². The highest BCUT2D eigenvalue weighted by Crippen LogP contribution is 2.35. The number of nitrogens with one attached hydrogen (secondary N) is 1. The number of aromatic nitrogens is 1. The molecule has 17 heavy (non-hydrogen) atoms. The van der Waals surface area contributed by atoms with E-state index in [2.05, 4.69) is 10.3 Å². The fraction of sp³-hybridized carbons (Fsp3) is 0.455. The average molecular weight is 238 g/mol. The molecule has 0 saturated carbocycles. The van der Waals surface area contributed by atoms with E-state index >= 15 is 0 Å². The Labute approximate surface area is 98.6 Å². The molecule has 2 N–H and O–H groups in total. The van der Waals surface area contributed by atoms with Crippen LogP contribution in [-0.2, 0) is 4.74 Å². The van der Waals surface area contributed by atoms with Crippen LogP contribution in [0.25, 0.3) is 0 Å². The van der Waals surface area contributed by atoms with Crippen molar-refractivity contribution >= 4 is 6.09 Å². The maximum Gasteiger partial charge on any atom is 0.404 e. The van der Waals surface area contributed by atoms with Crippen LogP contribution >= 0.6 is 0 Å². The third kappa shape index (κ3) is 2.47. The van der Waals surface area contributed by atoms with Gasteiger partial charge in [0.15, 0.2) is 0 Å². The fourth-order valence-electron chi connectivity index (χ4n) is 1.94. The zero-order valence-electron chi connectivity index (χ0n) is 9.42. The van der Waals surface area contributed by atoms with Crippen LogP contribution in [0.3, 0.4) is 0 Å². The molecule has 2 atom stereocenters. The fourth-order valence-corrected chi connectivity index (χ4v) is 1.94. The van der Waals surface area contributed by atoms with E-state index in [0.717, 1.165) is 5.69 Å². The Balaban J connectivity index is 2.15. The third-order valence-electron chi connectivity index (χ3n) is 2.68. The number of carboxylic acid groups (broad SMARTS) is 1. The second-order valence-electron chi connectivity index (χ2n) is 3.79. The Morgan fingerprint density at radius 3 is 3.24 bits per heavy atom. The molecule has 2 heterocycles. The molecule has 1 aromatic rings. The van der Waals surface area contributed by atoms with Gasteiger partial charge in [-0.1, -0.05) is 0 Å². The van der Waals surface area contributed by atoms with E-state index in [1.165, 1.54) is 0 Å². The van der Waals surface area contributed by atoms with Crippen molar-refractivity contribution in [3.63, 3.8) is 0 Å². The molecule has 0 bridgehead atoms. The van der Waals surface area contributed by atoms with Crippen molar-refractivity contribution in [3.8, 4) is 5.75 Å². The molecular formula is C11H14N2O4. The van der Waals surface area contributed by atoms with E-state index < -0.39 is 6.09 Å². The molecule has 1 aliphatic rings.